The predicted molar refractivity (Wildman–Crippen MR) is 105 cm³/mol. The summed E-state index contributed by atoms with van der Waals surface area (Å²) in [6.07, 6.45) is 5.47. The Hall–Kier alpha value is -0.643. The lowest BCUT2D eigenvalue weighted by Gasteiger charge is -2.49. The summed E-state index contributed by atoms with van der Waals surface area (Å²) in [5.74, 6) is 0. The van der Waals surface area contributed by atoms with Gasteiger partial charge in [-0.25, -0.2) is 0 Å². The van der Waals surface area contributed by atoms with Crippen molar-refractivity contribution in [2.24, 2.45) is 0 Å². The van der Waals surface area contributed by atoms with Crippen molar-refractivity contribution in [1.29, 1.82) is 0 Å². The molecule has 3 rings (SSSR count). The van der Waals surface area contributed by atoms with E-state index in [1.54, 1.807) is 5.56 Å². The first-order valence-electron chi connectivity index (χ1n) is 9.58. The summed E-state index contributed by atoms with van der Waals surface area (Å²) in [6, 6.07) is 9.13. The van der Waals surface area contributed by atoms with E-state index in [0.29, 0.717) is 16.6 Å². The van der Waals surface area contributed by atoms with Crippen LogP contribution >= 0.6 is 0 Å². The van der Waals surface area contributed by atoms with Crippen LogP contribution in [-0.2, 0) is 16.4 Å². The topological polar surface area (TPSA) is 12.5 Å². The Kier molecular flexibility index (Phi) is 4.74. The van der Waals surface area contributed by atoms with E-state index in [1.165, 1.54) is 37.8 Å². The number of nitrogens with zero attached hydrogens (tertiary/aromatic N) is 1. The van der Waals surface area contributed by atoms with E-state index in [-0.39, 0.29) is 0 Å². The second kappa shape index (κ2) is 6.26. The number of rotatable bonds is 2. The molecule has 1 aromatic rings. The maximum absolute atomic E-state index is 6.84. The van der Waals surface area contributed by atoms with Crippen LogP contribution in [0.4, 0.5) is 0 Å². The molecule has 2 aliphatic rings. The molecule has 134 valence electrons. The van der Waals surface area contributed by atoms with Gasteiger partial charge in [0.2, 0.25) is 0 Å². The smallest absolute Gasteiger partial charge is 0.192 e. The molecule has 3 heteroatoms. The van der Waals surface area contributed by atoms with Crippen LogP contribution in [0.5, 0.6) is 0 Å². The highest BCUT2D eigenvalue weighted by atomic mass is 28.4. The first-order chi connectivity index (χ1) is 11.1. The normalized spacial score (nSPS) is 28.8. The summed E-state index contributed by atoms with van der Waals surface area (Å²) < 4.78 is 6.84. The van der Waals surface area contributed by atoms with Crippen LogP contribution in [0, 0.1) is 0 Å². The molecule has 2 unspecified atom stereocenters. The molecule has 1 aliphatic heterocycles. The molecule has 1 fully saturated rings. The van der Waals surface area contributed by atoms with E-state index in [1.807, 2.05) is 0 Å². The van der Waals surface area contributed by atoms with Crippen molar-refractivity contribution in [3.63, 3.8) is 0 Å². The van der Waals surface area contributed by atoms with Gasteiger partial charge in [-0.1, -0.05) is 45.0 Å². The van der Waals surface area contributed by atoms with Crippen LogP contribution in [-0.4, -0.2) is 32.9 Å². The minimum atomic E-state index is -1.69. The molecule has 1 aliphatic carbocycles. The Balaban J connectivity index is 1.86. The van der Waals surface area contributed by atoms with Crippen molar-refractivity contribution < 1.29 is 4.43 Å². The molecule has 2 nitrogen and oxygen atoms in total. The summed E-state index contributed by atoms with van der Waals surface area (Å²) in [6.45, 7) is 14.1. The van der Waals surface area contributed by atoms with Gasteiger partial charge in [-0.15, -0.1) is 0 Å². The average molecular weight is 346 g/mol. The minimum absolute atomic E-state index is 0.291. The first kappa shape index (κ1) is 18.2. The molecule has 0 radical (unpaired) electrons. The highest BCUT2D eigenvalue weighted by molar-refractivity contribution is 6.74. The summed E-state index contributed by atoms with van der Waals surface area (Å²) in [4.78, 5) is 2.51. The quantitative estimate of drug-likeness (QED) is 0.671. The molecular weight excluding hydrogens is 310 g/mol. The van der Waals surface area contributed by atoms with Crippen molar-refractivity contribution in [2.75, 3.05) is 13.6 Å². The van der Waals surface area contributed by atoms with Crippen molar-refractivity contribution >= 4 is 8.32 Å². The molecular formula is C21H35NOSi. The number of likely N-dealkylation sites (N-methyl/N-ethyl adjacent to an activating group) is 1. The largest absolute Gasteiger partial charge is 0.414 e. The molecule has 0 saturated heterocycles. The number of hydrogen-bond acceptors (Lipinski definition) is 2. The molecule has 1 aromatic carbocycles. The SMILES string of the molecule is CN1Cc2ccccc2C2(CCCC(O[Si](C)(C)C(C)(C)C)C2)C1. The maximum atomic E-state index is 6.84. The molecule has 24 heavy (non-hydrogen) atoms. The highest BCUT2D eigenvalue weighted by Gasteiger charge is 2.45. The van der Waals surface area contributed by atoms with Crippen LogP contribution < -0.4 is 0 Å². The monoisotopic (exact) mass is 345 g/mol. The molecule has 1 saturated carbocycles. The molecule has 0 amide bonds. The van der Waals surface area contributed by atoms with Crippen LogP contribution in [0.3, 0.4) is 0 Å². The van der Waals surface area contributed by atoms with E-state index in [2.05, 4.69) is 70.1 Å². The first-order valence-corrected chi connectivity index (χ1v) is 12.5. The minimum Gasteiger partial charge on any atom is -0.414 e. The van der Waals surface area contributed by atoms with E-state index in [4.69, 9.17) is 4.43 Å². The third-order valence-corrected chi connectivity index (χ3v) is 11.2. The zero-order chi connectivity index (χ0) is 17.6. The van der Waals surface area contributed by atoms with Crippen LogP contribution in [0.25, 0.3) is 0 Å². The molecule has 1 heterocycles. The van der Waals surface area contributed by atoms with Gasteiger partial charge in [0.1, 0.15) is 0 Å². The summed E-state index contributed by atoms with van der Waals surface area (Å²) in [5, 5.41) is 0.291. The Morgan fingerprint density at radius 1 is 1.21 bits per heavy atom. The fourth-order valence-corrected chi connectivity index (χ4v) is 5.90. The Bertz CT molecular complexity index is 592. The van der Waals surface area contributed by atoms with Crippen molar-refractivity contribution in [3.8, 4) is 0 Å². The van der Waals surface area contributed by atoms with Gasteiger partial charge in [-0.05, 0) is 62.0 Å². The number of hydrogen-bond donors (Lipinski definition) is 0. The zero-order valence-corrected chi connectivity index (χ0v) is 17.5. The van der Waals surface area contributed by atoms with E-state index >= 15 is 0 Å². The molecule has 2 atom stereocenters. The maximum Gasteiger partial charge on any atom is 0.192 e. The van der Waals surface area contributed by atoms with Crippen molar-refractivity contribution in [1.82, 2.24) is 4.90 Å². The third kappa shape index (κ3) is 3.36. The van der Waals surface area contributed by atoms with Crippen LogP contribution in [0.1, 0.15) is 57.6 Å². The fourth-order valence-electron chi connectivity index (χ4n) is 4.51. The predicted octanol–water partition coefficient (Wildman–Crippen LogP) is 5.33. The lowest BCUT2D eigenvalue weighted by Crippen LogP contribution is -2.51. The van der Waals surface area contributed by atoms with Gasteiger partial charge in [-0.3, -0.25) is 0 Å². The van der Waals surface area contributed by atoms with Gasteiger partial charge in [0.05, 0.1) is 0 Å². The lowest BCUT2D eigenvalue weighted by atomic mass is 9.65. The van der Waals surface area contributed by atoms with Gasteiger partial charge in [0.25, 0.3) is 0 Å². The molecule has 0 bridgehead atoms. The van der Waals surface area contributed by atoms with Gasteiger partial charge < -0.3 is 9.33 Å². The average Bonchev–Trinajstić information content (AvgIpc) is 2.45. The second-order valence-electron chi connectivity index (χ2n) is 9.71. The Morgan fingerprint density at radius 3 is 2.62 bits per heavy atom. The standard InChI is InChI=1S/C21H35NOSi/c1-20(2,3)24(5,6)23-18-11-9-13-21(14-18)16-22(4)15-17-10-7-8-12-19(17)21/h7-8,10,12,18H,9,11,13-16H2,1-6H3. The van der Waals surface area contributed by atoms with Crippen LogP contribution in [0.15, 0.2) is 24.3 Å². The van der Waals surface area contributed by atoms with Crippen molar-refractivity contribution in [3.05, 3.63) is 35.4 Å². The second-order valence-corrected chi connectivity index (χ2v) is 14.5. The fraction of sp³-hybridized carbons (Fsp3) is 0.714. The summed E-state index contributed by atoms with van der Waals surface area (Å²) in [5.41, 5.74) is 3.43. The molecule has 0 aromatic heterocycles. The van der Waals surface area contributed by atoms with Crippen molar-refractivity contribution in [2.45, 2.75) is 82.7 Å². The van der Waals surface area contributed by atoms with E-state index in [9.17, 15) is 0 Å². The van der Waals surface area contributed by atoms with Gasteiger partial charge in [0, 0.05) is 24.6 Å². The number of benzene rings is 1. The Labute approximate surface area is 149 Å². The van der Waals surface area contributed by atoms with Crippen LogP contribution in [0.2, 0.25) is 18.1 Å². The zero-order valence-electron chi connectivity index (χ0n) is 16.5. The molecule has 0 N–H and O–H groups in total. The highest BCUT2D eigenvalue weighted by Crippen LogP contribution is 2.47. The Morgan fingerprint density at radius 2 is 1.92 bits per heavy atom. The van der Waals surface area contributed by atoms with Gasteiger partial charge in [0.15, 0.2) is 8.32 Å². The van der Waals surface area contributed by atoms with Gasteiger partial charge >= 0.3 is 0 Å². The van der Waals surface area contributed by atoms with E-state index in [0.717, 1.165) is 6.54 Å². The third-order valence-electron chi connectivity index (χ3n) is 6.67. The summed E-state index contributed by atoms with van der Waals surface area (Å²) in [7, 11) is 0.579. The summed E-state index contributed by atoms with van der Waals surface area (Å²) >= 11 is 0. The van der Waals surface area contributed by atoms with E-state index < -0.39 is 8.32 Å². The lowest BCUT2D eigenvalue weighted by molar-refractivity contribution is 0.0667. The number of fused-ring (bicyclic) bond motifs is 2. The molecule has 1 spiro atoms. The van der Waals surface area contributed by atoms with Gasteiger partial charge in [-0.2, -0.15) is 0 Å².